The SMILES string of the molecule is Cc1nc(C(C)CNC(=O)c2ccccc2)sc1CCCl. The molecule has 0 aliphatic heterocycles. The van der Waals surface area contributed by atoms with Crippen LogP contribution in [0.4, 0.5) is 0 Å². The number of aryl methyl sites for hydroxylation is 2. The Morgan fingerprint density at radius 1 is 1.38 bits per heavy atom. The first kappa shape index (κ1) is 16.0. The lowest BCUT2D eigenvalue weighted by Crippen LogP contribution is -2.27. The van der Waals surface area contributed by atoms with Gasteiger partial charge in [-0.3, -0.25) is 4.79 Å². The molecular weight excluding hydrogens is 304 g/mol. The van der Waals surface area contributed by atoms with E-state index in [0.29, 0.717) is 18.0 Å². The van der Waals surface area contributed by atoms with Gasteiger partial charge in [0.1, 0.15) is 0 Å². The van der Waals surface area contributed by atoms with Crippen LogP contribution in [0.5, 0.6) is 0 Å². The molecule has 1 atom stereocenters. The van der Waals surface area contributed by atoms with Gasteiger partial charge in [0, 0.05) is 28.8 Å². The Labute approximate surface area is 134 Å². The van der Waals surface area contributed by atoms with Crippen molar-refractivity contribution in [3.05, 3.63) is 51.5 Å². The Morgan fingerprint density at radius 3 is 2.76 bits per heavy atom. The zero-order chi connectivity index (χ0) is 15.2. The number of thiazole rings is 1. The Kier molecular flexibility index (Phi) is 5.76. The van der Waals surface area contributed by atoms with E-state index < -0.39 is 0 Å². The highest BCUT2D eigenvalue weighted by Crippen LogP contribution is 2.25. The molecule has 1 N–H and O–H groups in total. The molecule has 112 valence electrons. The van der Waals surface area contributed by atoms with Gasteiger partial charge in [-0.1, -0.05) is 25.1 Å². The summed E-state index contributed by atoms with van der Waals surface area (Å²) in [6, 6.07) is 9.25. The largest absolute Gasteiger partial charge is 0.351 e. The molecule has 0 aliphatic rings. The van der Waals surface area contributed by atoms with E-state index in [1.54, 1.807) is 11.3 Å². The quantitative estimate of drug-likeness (QED) is 0.823. The summed E-state index contributed by atoms with van der Waals surface area (Å²) in [5, 5.41) is 4.02. The Bertz CT molecular complexity index is 598. The predicted molar refractivity (Wildman–Crippen MR) is 88.5 cm³/mol. The minimum absolute atomic E-state index is 0.0447. The van der Waals surface area contributed by atoms with Gasteiger partial charge < -0.3 is 5.32 Å². The van der Waals surface area contributed by atoms with Gasteiger partial charge in [0.05, 0.1) is 10.7 Å². The lowest BCUT2D eigenvalue weighted by molar-refractivity contribution is 0.0951. The standard InChI is InChI=1S/C16H19ClN2OS/c1-11(16-19-12(2)14(21-16)8-9-17)10-18-15(20)13-6-4-3-5-7-13/h3-7,11H,8-10H2,1-2H3,(H,18,20). The molecule has 3 nitrogen and oxygen atoms in total. The normalized spacial score (nSPS) is 12.1. The number of halogens is 1. The Hall–Kier alpha value is -1.39. The van der Waals surface area contributed by atoms with E-state index in [0.717, 1.165) is 17.1 Å². The van der Waals surface area contributed by atoms with E-state index in [-0.39, 0.29) is 11.8 Å². The number of hydrogen-bond acceptors (Lipinski definition) is 3. The zero-order valence-electron chi connectivity index (χ0n) is 12.2. The van der Waals surface area contributed by atoms with E-state index in [4.69, 9.17) is 11.6 Å². The molecule has 1 unspecified atom stereocenters. The fraction of sp³-hybridized carbons (Fsp3) is 0.375. The third-order valence-electron chi connectivity index (χ3n) is 3.26. The Morgan fingerprint density at radius 2 is 2.10 bits per heavy atom. The van der Waals surface area contributed by atoms with E-state index in [1.807, 2.05) is 37.3 Å². The lowest BCUT2D eigenvalue weighted by atomic mass is 10.1. The van der Waals surface area contributed by atoms with Crippen molar-refractivity contribution in [1.29, 1.82) is 0 Å². The third-order valence-corrected chi connectivity index (χ3v) is 4.89. The number of rotatable bonds is 6. The summed E-state index contributed by atoms with van der Waals surface area (Å²) < 4.78 is 0. The molecule has 1 heterocycles. The van der Waals surface area contributed by atoms with Gasteiger partial charge in [0.15, 0.2) is 0 Å². The molecule has 1 aromatic carbocycles. The maximum atomic E-state index is 12.0. The summed E-state index contributed by atoms with van der Waals surface area (Å²) in [5.41, 5.74) is 1.74. The first-order valence-electron chi connectivity index (χ1n) is 6.97. The van der Waals surface area contributed by atoms with Crippen LogP contribution in [0.1, 0.15) is 38.8 Å². The van der Waals surface area contributed by atoms with Crippen molar-refractivity contribution in [3.8, 4) is 0 Å². The fourth-order valence-corrected chi connectivity index (χ4v) is 3.42. The first-order chi connectivity index (χ1) is 10.1. The Balaban J connectivity index is 1.94. The van der Waals surface area contributed by atoms with E-state index in [1.165, 1.54) is 4.88 Å². The monoisotopic (exact) mass is 322 g/mol. The predicted octanol–water partition coefficient (Wildman–Crippen LogP) is 3.77. The number of hydrogen-bond donors (Lipinski definition) is 1. The van der Waals surface area contributed by atoms with Crippen LogP contribution in [0.25, 0.3) is 0 Å². The molecule has 2 aromatic rings. The number of alkyl halides is 1. The van der Waals surface area contributed by atoms with Crippen molar-refractivity contribution in [2.45, 2.75) is 26.2 Å². The number of aromatic nitrogens is 1. The molecule has 0 spiro atoms. The number of nitrogens with one attached hydrogen (secondary N) is 1. The maximum absolute atomic E-state index is 12.0. The van der Waals surface area contributed by atoms with Crippen LogP contribution in [0.3, 0.4) is 0 Å². The fourth-order valence-electron chi connectivity index (χ4n) is 2.00. The van der Waals surface area contributed by atoms with Crippen LogP contribution in [0.15, 0.2) is 30.3 Å². The van der Waals surface area contributed by atoms with Crippen LogP contribution < -0.4 is 5.32 Å². The average Bonchev–Trinajstić information content (AvgIpc) is 2.87. The van der Waals surface area contributed by atoms with Crippen LogP contribution in [-0.4, -0.2) is 23.3 Å². The van der Waals surface area contributed by atoms with Crippen molar-refractivity contribution >= 4 is 28.8 Å². The molecule has 0 saturated carbocycles. The molecule has 5 heteroatoms. The van der Waals surface area contributed by atoms with Gasteiger partial charge >= 0.3 is 0 Å². The van der Waals surface area contributed by atoms with Crippen LogP contribution >= 0.6 is 22.9 Å². The number of amides is 1. The van der Waals surface area contributed by atoms with Gasteiger partial charge in [-0.2, -0.15) is 0 Å². The minimum Gasteiger partial charge on any atom is -0.351 e. The summed E-state index contributed by atoms with van der Waals surface area (Å²) >= 11 is 7.48. The second-order valence-electron chi connectivity index (χ2n) is 4.98. The van der Waals surface area contributed by atoms with Crippen molar-refractivity contribution in [2.75, 3.05) is 12.4 Å². The number of carbonyl (C=O) groups excluding carboxylic acids is 1. The molecule has 21 heavy (non-hydrogen) atoms. The van der Waals surface area contributed by atoms with Gasteiger partial charge in [0.2, 0.25) is 0 Å². The molecule has 0 saturated heterocycles. The van der Waals surface area contributed by atoms with Crippen LogP contribution in [-0.2, 0) is 6.42 Å². The first-order valence-corrected chi connectivity index (χ1v) is 8.32. The number of nitrogens with zero attached hydrogens (tertiary/aromatic N) is 1. The zero-order valence-corrected chi connectivity index (χ0v) is 13.8. The number of benzene rings is 1. The lowest BCUT2D eigenvalue weighted by Gasteiger charge is -2.10. The van der Waals surface area contributed by atoms with Crippen molar-refractivity contribution in [2.24, 2.45) is 0 Å². The second-order valence-corrected chi connectivity index (χ2v) is 6.47. The summed E-state index contributed by atoms with van der Waals surface area (Å²) in [6.07, 6.45) is 0.855. The average molecular weight is 323 g/mol. The molecule has 0 bridgehead atoms. The molecule has 1 aromatic heterocycles. The maximum Gasteiger partial charge on any atom is 0.251 e. The molecule has 2 rings (SSSR count). The highest BCUT2D eigenvalue weighted by molar-refractivity contribution is 7.11. The van der Waals surface area contributed by atoms with E-state index in [2.05, 4.69) is 17.2 Å². The van der Waals surface area contributed by atoms with Gasteiger partial charge in [0.25, 0.3) is 5.91 Å². The van der Waals surface area contributed by atoms with E-state index >= 15 is 0 Å². The van der Waals surface area contributed by atoms with Crippen LogP contribution in [0.2, 0.25) is 0 Å². The van der Waals surface area contributed by atoms with Crippen molar-refractivity contribution in [3.63, 3.8) is 0 Å². The molecule has 0 radical (unpaired) electrons. The number of carbonyl (C=O) groups is 1. The van der Waals surface area contributed by atoms with Crippen molar-refractivity contribution in [1.82, 2.24) is 10.3 Å². The summed E-state index contributed by atoms with van der Waals surface area (Å²) in [5.74, 6) is 0.767. The molecule has 1 amide bonds. The van der Waals surface area contributed by atoms with Gasteiger partial charge in [-0.25, -0.2) is 4.98 Å². The minimum atomic E-state index is -0.0447. The van der Waals surface area contributed by atoms with Crippen molar-refractivity contribution < 1.29 is 4.79 Å². The highest BCUT2D eigenvalue weighted by Gasteiger charge is 2.15. The van der Waals surface area contributed by atoms with E-state index in [9.17, 15) is 4.79 Å². The summed E-state index contributed by atoms with van der Waals surface area (Å²) in [6.45, 7) is 4.67. The molecular formula is C16H19ClN2OS. The molecule has 0 fully saturated rings. The summed E-state index contributed by atoms with van der Waals surface area (Å²) in [7, 11) is 0. The third kappa shape index (κ3) is 4.29. The van der Waals surface area contributed by atoms with Gasteiger partial charge in [-0.05, 0) is 25.5 Å². The van der Waals surface area contributed by atoms with Gasteiger partial charge in [-0.15, -0.1) is 22.9 Å². The second kappa shape index (κ2) is 7.57. The van der Waals surface area contributed by atoms with Crippen LogP contribution in [0, 0.1) is 6.92 Å². The highest BCUT2D eigenvalue weighted by atomic mass is 35.5. The molecule has 0 aliphatic carbocycles. The smallest absolute Gasteiger partial charge is 0.251 e. The topological polar surface area (TPSA) is 42.0 Å². The summed E-state index contributed by atoms with van der Waals surface area (Å²) in [4.78, 5) is 17.8.